The van der Waals surface area contributed by atoms with E-state index in [1.54, 1.807) is 18.2 Å². The molecule has 0 saturated heterocycles. The Bertz CT molecular complexity index is 837. The van der Waals surface area contributed by atoms with Crippen molar-refractivity contribution < 1.29 is 23.9 Å². The Balaban J connectivity index is 2.12. The maximum Gasteiger partial charge on any atom is 0.264 e. The minimum absolute atomic E-state index is 0.125. The summed E-state index contributed by atoms with van der Waals surface area (Å²) in [5, 5.41) is 5.25. The van der Waals surface area contributed by atoms with Crippen LogP contribution in [0.4, 0.5) is 5.69 Å². The van der Waals surface area contributed by atoms with Gasteiger partial charge < -0.3 is 15.4 Å². The van der Waals surface area contributed by atoms with Gasteiger partial charge in [-0.15, -0.1) is 6.58 Å². The fourth-order valence-corrected chi connectivity index (χ4v) is 3.46. The molecule has 8 heteroatoms. The predicted molar refractivity (Wildman–Crippen MR) is 118 cm³/mol. The highest BCUT2D eigenvalue weighted by molar-refractivity contribution is 6.25. The van der Waals surface area contributed by atoms with Crippen molar-refractivity contribution in [3.63, 3.8) is 0 Å². The zero-order valence-corrected chi connectivity index (χ0v) is 18.2. The third kappa shape index (κ3) is 6.01. The highest BCUT2D eigenvalue weighted by Crippen LogP contribution is 2.32. The molecule has 0 spiro atoms. The molecule has 1 aliphatic heterocycles. The van der Waals surface area contributed by atoms with E-state index in [0.717, 1.165) is 17.7 Å². The maximum absolute atomic E-state index is 13.1. The van der Waals surface area contributed by atoms with Crippen molar-refractivity contribution in [1.29, 1.82) is 0 Å². The van der Waals surface area contributed by atoms with E-state index >= 15 is 0 Å². The lowest BCUT2D eigenvalue weighted by atomic mass is 10.1. The normalized spacial score (nSPS) is 13.7. The van der Waals surface area contributed by atoms with E-state index in [1.165, 1.54) is 13.1 Å². The number of rotatable bonds is 13. The molecule has 1 heterocycles. The molecule has 4 amide bonds. The van der Waals surface area contributed by atoms with Crippen LogP contribution in [0, 0.1) is 0 Å². The molecule has 8 nitrogen and oxygen atoms in total. The topological polar surface area (TPSA) is 105 Å². The number of allylic oxidation sites excluding steroid dienone is 1. The number of carbonyl (C=O) groups excluding carboxylic acids is 4. The average molecular weight is 430 g/mol. The van der Waals surface area contributed by atoms with Gasteiger partial charge in [-0.1, -0.05) is 19.1 Å². The van der Waals surface area contributed by atoms with E-state index < -0.39 is 23.8 Å². The summed E-state index contributed by atoms with van der Waals surface area (Å²) < 4.78 is 5.40. The Labute approximate surface area is 183 Å². The van der Waals surface area contributed by atoms with Crippen molar-refractivity contribution in [1.82, 2.24) is 10.2 Å². The van der Waals surface area contributed by atoms with Crippen molar-refractivity contribution >= 4 is 29.3 Å². The molecule has 31 heavy (non-hydrogen) atoms. The summed E-state index contributed by atoms with van der Waals surface area (Å²) in [6.45, 7) is 6.99. The third-order valence-electron chi connectivity index (χ3n) is 5.02. The fourth-order valence-electron chi connectivity index (χ4n) is 3.46. The van der Waals surface area contributed by atoms with Crippen LogP contribution < -0.4 is 10.6 Å². The number of hydrogen-bond donors (Lipinski definition) is 2. The van der Waals surface area contributed by atoms with Gasteiger partial charge in [-0.2, -0.15) is 0 Å². The second-order valence-corrected chi connectivity index (χ2v) is 7.32. The number of anilines is 1. The number of hydrogen-bond acceptors (Lipinski definition) is 5. The van der Waals surface area contributed by atoms with E-state index in [4.69, 9.17) is 4.74 Å². The smallest absolute Gasteiger partial charge is 0.264 e. The van der Waals surface area contributed by atoms with Gasteiger partial charge in [-0.3, -0.25) is 24.1 Å². The summed E-state index contributed by atoms with van der Waals surface area (Å²) in [5.41, 5.74) is 0.591. The first kappa shape index (κ1) is 24.3. The number of benzene rings is 1. The predicted octanol–water partition coefficient (Wildman–Crippen LogP) is 2.90. The average Bonchev–Trinajstić information content (AvgIpc) is 3.02. The Morgan fingerprint density at radius 3 is 2.65 bits per heavy atom. The molecule has 2 N–H and O–H groups in total. The largest absolute Gasteiger partial charge is 0.381 e. The van der Waals surface area contributed by atoms with Gasteiger partial charge in [0.2, 0.25) is 11.8 Å². The standard InChI is InChI=1S/C23H31N3O5/c1-4-6-12-18(21(28)24-3)26-22(29)16-10-9-11-17(20(16)23(26)30)25-19(27)13-7-8-15-31-14-5-2/h4,9-11,18H,1,5-8,12-15H2,2-3H3,(H,24,28)(H,25,27). The number of imide groups is 1. The number of amides is 4. The third-order valence-corrected chi connectivity index (χ3v) is 5.02. The molecule has 0 fully saturated rings. The molecule has 1 aromatic rings. The summed E-state index contributed by atoms with van der Waals surface area (Å²) >= 11 is 0. The lowest BCUT2D eigenvalue weighted by Gasteiger charge is -2.24. The molecular weight excluding hydrogens is 398 g/mol. The quantitative estimate of drug-likeness (QED) is 0.285. The summed E-state index contributed by atoms with van der Waals surface area (Å²) in [6.07, 6.45) is 5.04. The van der Waals surface area contributed by atoms with Crippen molar-refractivity contribution in [3.05, 3.63) is 42.0 Å². The van der Waals surface area contributed by atoms with Crippen molar-refractivity contribution in [2.24, 2.45) is 0 Å². The van der Waals surface area contributed by atoms with E-state index in [0.29, 0.717) is 26.1 Å². The van der Waals surface area contributed by atoms with Gasteiger partial charge in [-0.25, -0.2) is 0 Å². The van der Waals surface area contributed by atoms with Gasteiger partial charge >= 0.3 is 0 Å². The minimum atomic E-state index is -0.943. The molecule has 0 aliphatic carbocycles. The molecule has 1 unspecified atom stereocenters. The number of ether oxygens (including phenoxy) is 1. The summed E-state index contributed by atoms with van der Waals surface area (Å²) in [5.74, 6) is -1.78. The van der Waals surface area contributed by atoms with Crippen LogP contribution in [0.25, 0.3) is 0 Å². The number of unbranched alkanes of at least 4 members (excludes halogenated alkanes) is 1. The maximum atomic E-state index is 13.1. The molecule has 1 atom stereocenters. The summed E-state index contributed by atoms with van der Waals surface area (Å²) in [6, 6.07) is 3.79. The molecule has 2 rings (SSSR count). The van der Waals surface area contributed by atoms with Crippen LogP contribution in [-0.4, -0.2) is 54.8 Å². The fraction of sp³-hybridized carbons (Fsp3) is 0.478. The molecule has 0 saturated carbocycles. The van der Waals surface area contributed by atoms with E-state index in [9.17, 15) is 19.2 Å². The summed E-state index contributed by atoms with van der Waals surface area (Å²) in [4.78, 5) is 51.8. The number of carbonyl (C=O) groups is 4. The first-order valence-corrected chi connectivity index (χ1v) is 10.7. The van der Waals surface area contributed by atoms with Crippen LogP contribution in [0.1, 0.15) is 66.2 Å². The van der Waals surface area contributed by atoms with Crippen molar-refractivity contribution in [2.75, 3.05) is 25.6 Å². The lowest BCUT2D eigenvalue weighted by Crippen LogP contribution is -2.48. The zero-order chi connectivity index (χ0) is 22.8. The van der Waals surface area contributed by atoms with Crippen LogP contribution in [0.3, 0.4) is 0 Å². The second-order valence-electron chi connectivity index (χ2n) is 7.32. The first-order valence-electron chi connectivity index (χ1n) is 10.7. The van der Waals surface area contributed by atoms with E-state index in [2.05, 4.69) is 17.2 Å². The van der Waals surface area contributed by atoms with Crippen LogP contribution in [-0.2, 0) is 14.3 Å². The summed E-state index contributed by atoms with van der Waals surface area (Å²) in [7, 11) is 1.46. The number of fused-ring (bicyclic) bond motifs is 1. The van der Waals surface area contributed by atoms with E-state index in [1.807, 2.05) is 6.92 Å². The van der Waals surface area contributed by atoms with Gasteiger partial charge in [0.1, 0.15) is 6.04 Å². The van der Waals surface area contributed by atoms with Gasteiger partial charge in [0.25, 0.3) is 11.8 Å². The Morgan fingerprint density at radius 1 is 1.19 bits per heavy atom. The molecule has 0 radical (unpaired) electrons. The molecule has 1 aromatic carbocycles. The number of nitrogens with one attached hydrogen (secondary N) is 2. The Morgan fingerprint density at radius 2 is 1.97 bits per heavy atom. The lowest BCUT2D eigenvalue weighted by molar-refractivity contribution is -0.124. The molecule has 0 aromatic heterocycles. The number of likely N-dealkylation sites (N-methyl/N-ethyl adjacent to an activating group) is 1. The SMILES string of the molecule is C=CCCC(C(=O)NC)N1C(=O)c2cccc(NC(=O)CCCCOCCC)c2C1=O. The van der Waals surface area contributed by atoms with Crippen LogP contribution in [0.5, 0.6) is 0 Å². The molecule has 168 valence electrons. The van der Waals surface area contributed by atoms with Gasteiger partial charge in [0.15, 0.2) is 0 Å². The molecule has 0 bridgehead atoms. The van der Waals surface area contributed by atoms with Gasteiger partial charge in [0.05, 0.1) is 16.8 Å². The van der Waals surface area contributed by atoms with Crippen molar-refractivity contribution in [3.8, 4) is 0 Å². The van der Waals surface area contributed by atoms with Crippen molar-refractivity contribution in [2.45, 2.75) is 51.5 Å². The van der Waals surface area contributed by atoms with Gasteiger partial charge in [0, 0.05) is 26.7 Å². The zero-order valence-electron chi connectivity index (χ0n) is 18.2. The molecular formula is C23H31N3O5. The van der Waals surface area contributed by atoms with Gasteiger partial charge in [-0.05, 0) is 44.2 Å². The first-order chi connectivity index (χ1) is 15.0. The van der Waals surface area contributed by atoms with Crippen LogP contribution >= 0.6 is 0 Å². The Kier molecular flexibility index (Phi) is 9.40. The van der Waals surface area contributed by atoms with Crippen LogP contribution in [0.15, 0.2) is 30.9 Å². The molecule has 1 aliphatic rings. The highest BCUT2D eigenvalue weighted by Gasteiger charge is 2.43. The highest BCUT2D eigenvalue weighted by atomic mass is 16.5. The second kappa shape index (κ2) is 12.0. The van der Waals surface area contributed by atoms with Crippen LogP contribution in [0.2, 0.25) is 0 Å². The number of nitrogens with zero attached hydrogens (tertiary/aromatic N) is 1. The minimum Gasteiger partial charge on any atom is -0.381 e. The monoisotopic (exact) mass is 429 g/mol. The Hall–Kier alpha value is -3.00. The van der Waals surface area contributed by atoms with E-state index in [-0.39, 0.29) is 35.6 Å².